The van der Waals surface area contributed by atoms with E-state index in [-0.39, 0.29) is 5.97 Å². The second-order valence-corrected chi connectivity index (χ2v) is 10.2. The van der Waals surface area contributed by atoms with E-state index in [0.717, 1.165) is 46.4 Å². The molecule has 0 bridgehead atoms. The fourth-order valence-electron chi connectivity index (χ4n) is 5.23. The first-order chi connectivity index (χ1) is 19.5. The molecule has 6 nitrogen and oxygen atoms in total. The van der Waals surface area contributed by atoms with Crippen LogP contribution in [-0.2, 0) is 14.9 Å². The number of carbonyl (C=O) groups is 1. The van der Waals surface area contributed by atoms with Gasteiger partial charge in [-0.15, -0.1) is 0 Å². The van der Waals surface area contributed by atoms with E-state index in [1.807, 2.05) is 111 Å². The lowest BCUT2D eigenvalue weighted by atomic mass is 9.93. The molecule has 0 radical (unpaired) electrons. The molecule has 2 heterocycles. The number of aliphatic hydroxyl groups is 1. The van der Waals surface area contributed by atoms with E-state index in [2.05, 4.69) is 5.16 Å². The van der Waals surface area contributed by atoms with Crippen molar-refractivity contribution in [2.45, 2.75) is 38.2 Å². The Morgan fingerprint density at radius 2 is 1.52 bits per heavy atom. The quantitative estimate of drug-likeness (QED) is 0.216. The van der Waals surface area contributed by atoms with E-state index in [1.165, 1.54) is 0 Å². The van der Waals surface area contributed by atoms with Gasteiger partial charge in [-0.05, 0) is 55.5 Å². The van der Waals surface area contributed by atoms with Gasteiger partial charge in [0.1, 0.15) is 6.10 Å². The molecule has 1 fully saturated rings. The van der Waals surface area contributed by atoms with Crippen molar-refractivity contribution in [3.8, 4) is 33.7 Å². The molecule has 1 saturated carbocycles. The molecule has 6 heteroatoms. The lowest BCUT2D eigenvalue weighted by Gasteiger charge is -2.15. The normalized spacial score (nSPS) is 14.5. The molecular formula is C34H30N2O4. The monoisotopic (exact) mass is 530 g/mol. The van der Waals surface area contributed by atoms with Crippen molar-refractivity contribution in [3.05, 3.63) is 120 Å². The van der Waals surface area contributed by atoms with E-state index in [4.69, 9.17) is 14.2 Å². The van der Waals surface area contributed by atoms with Gasteiger partial charge in [-0.3, -0.25) is 4.79 Å². The first kappa shape index (κ1) is 25.7. The van der Waals surface area contributed by atoms with Crippen LogP contribution in [0.25, 0.3) is 33.7 Å². The second-order valence-electron chi connectivity index (χ2n) is 10.2. The predicted octanol–water partition coefficient (Wildman–Crippen LogP) is 7.06. The molecule has 0 saturated heterocycles. The van der Waals surface area contributed by atoms with Crippen molar-refractivity contribution >= 4 is 5.97 Å². The minimum Gasteiger partial charge on any atom is -0.465 e. The van der Waals surface area contributed by atoms with Gasteiger partial charge < -0.3 is 14.4 Å². The van der Waals surface area contributed by atoms with Gasteiger partial charge in [-0.1, -0.05) is 90.1 Å². The third kappa shape index (κ3) is 4.71. The van der Waals surface area contributed by atoms with Gasteiger partial charge in [-0.25, -0.2) is 4.98 Å². The van der Waals surface area contributed by atoms with Crippen molar-refractivity contribution in [2.24, 2.45) is 0 Å². The largest absolute Gasteiger partial charge is 0.465 e. The van der Waals surface area contributed by atoms with Gasteiger partial charge in [0.15, 0.2) is 5.76 Å². The highest BCUT2D eigenvalue weighted by atomic mass is 16.5. The van der Waals surface area contributed by atoms with E-state index >= 15 is 0 Å². The van der Waals surface area contributed by atoms with Gasteiger partial charge in [0.2, 0.25) is 0 Å². The van der Waals surface area contributed by atoms with Crippen molar-refractivity contribution in [2.75, 3.05) is 6.61 Å². The number of hydrogen-bond donors (Lipinski definition) is 1. The number of ether oxygens (including phenoxy) is 1. The van der Waals surface area contributed by atoms with Crippen molar-refractivity contribution < 1.29 is 19.2 Å². The average Bonchev–Trinajstić information content (AvgIpc) is 3.74. The van der Waals surface area contributed by atoms with Crippen LogP contribution >= 0.6 is 0 Å². The summed E-state index contributed by atoms with van der Waals surface area (Å²) in [5.74, 6) is 0.387. The van der Waals surface area contributed by atoms with Crippen LogP contribution in [0.1, 0.15) is 48.4 Å². The Morgan fingerprint density at radius 3 is 2.17 bits per heavy atom. The molecule has 6 rings (SSSR count). The summed E-state index contributed by atoms with van der Waals surface area (Å²) >= 11 is 0. The van der Waals surface area contributed by atoms with Crippen molar-refractivity contribution in [3.63, 3.8) is 0 Å². The zero-order valence-corrected chi connectivity index (χ0v) is 22.5. The Labute approximate surface area is 233 Å². The fourth-order valence-corrected chi connectivity index (χ4v) is 5.23. The highest BCUT2D eigenvalue weighted by molar-refractivity contribution is 5.87. The minimum atomic E-state index is -0.994. The Hall–Kier alpha value is -4.55. The highest BCUT2D eigenvalue weighted by Crippen LogP contribution is 2.49. The van der Waals surface area contributed by atoms with Gasteiger partial charge in [0, 0.05) is 11.1 Å². The van der Waals surface area contributed by atoms with Crippen LogP contribution in [0.3, 0.4) is 0 Å². The van der Waals surface area contributed by atoms with Crippen LogP contribution < -0.4 is 0 Å². The Morgan fingerprint density at radius 1 is 0.875 bits per heavy atom. The van der Waals surface area contributed by atoms with Crippen molar-refractivity contribution in [1.29, 1.82) is 0 Å². The number of pyridine rings is 1. The zero-order valence-electron chi connectivity index (χ0n) is 22.5. The molecule has 1 unspecified atom stereocenters. The number of rotatable bonds is 8. The standard InChI is InChI=1S/C34H30N2O4/c1-3-39-33(38)34(20-21-34)27-18-16-24(17-19-27)23-12-14-26(15-13-23)32-30(22(2)36-40-32)31(37)29-11-7-10-28(35-29)25-8-5-4-6-9-25/h4-19,31,37H,3,20-21H2,1-2H3. The average molecular weight is 531 g/mol. The third-order valence-electron chi connectivity index (χ3n) is 7.64. The van der Waals surface area contributed by atoms with Crippen LogP contribution in [0.15, 0.2) is 102 Å². The first-order valence-electron chi connectivity index (χ1n) is 13.6. The summed E-state index contributed by atoms with van der Waals surface area (Å²) in [7, 11) is 0. The summed E-state index contributed by atoms with van der Waals surface area (Å²) in [6.07, 6.45) is 0.666. The molecule has 1 N–H and O–H groups in total. The molecule has 2 aromatic heterocycles. The van der Waals surface area contributed by atoms with Crippen LogP contribution in [0, 0.1) is 6.92 Å². The molecule has 3 aromatic carbocycles. The first-order valence-corrected chi connectivity index (χ1v) is 13.6. The maximum Gasteiger partial charge on any atom is 0.316 e. The second kappa shape index (κ2) is 10.5. The maximum atomic E-state index is 12.4. The number of hydrogen-bond acceptors (Lipinski definition) is 6. The number of benzene rings is 3. The lowest BCUT2D eigenvalue weighted by molar-refractivity contribution is -0.146. The van der Waals surface area contributed by atoms with E-state index in [9.17, 15) is 9.90 Å². The minimum absolute atomic E-state index is 0.130. The summed E-state index contributed by atoms with van der Waals surface area (Å²) < 4.78 is 11.0. The molecule has 0 amide bonds. The third-order valence-corrected chi connectivity index (χ3v) is 7.64. The summed E-state index contributed by atoms with van der Waals surface area (Å²) in [6.45, 7) is 4.06. The van der Waals surface area contributed by atoms with E-state index < -0.39 is 11.5 Å². The van der Waals surface area contributed by atoms with Gasteiger partial charge in [0.05, 0.1) is 34.7 Å². The highest BCUT2D eigenvalue weighted by Gasteiger charge is 2.52. The molecular weight excluding hydrogens is 500 g/mol. The maximum absolute atomic E-state index is 12.4. The zero-order chi connectivity index (χ0) is 27.7. The molecule has 5 aromatic rings. The van der Waals surface area contributed by atoms with Crippen LogP contribution in [0.5, 0.6) is 0 Å². The molecule has 1 aliphatic rings. The summed E-state index contributed by atoms with van der Waals surface area (Å²) in [5.41, 5.74) is 6.94. The van der Waals surface area contributed by atoms with Crippen LogP contribution in [0.2, 0.25) is 0 Å². The molecule has 1 aliphatic carbocycles. The number of esters is 1. The van der Waals surface area contributed by atoms with Crippen molar-refractivity contribution in [1.82, 2.24) is 10.1 Å². The van der Waals surface area contributed by atoms with Gasteiger partial charge in [-0.2, -0.15) is 0 Å². The number of aryl methyl sites for hydroxylation is 1. The van der Waals surface area contributed by atoms with Gasteiger partial charge >= 0.3 is 5.97 Å². The molecule has 0 spiro atoms. The SMILES string of the molecule is CCOC(=O)C1(c2ccc(-c3ccc(-c4onc(C)c4C(O)c4cccc(-c5ccccc5)n4)cc3)cc2)CC1. The summed E-state index contributed by atoms with van der Waals surface area (Å²) in [4.78, 5) is 17.2. The molecule has 200 valence electrons. The topological polar surface area (TPSA) is 85.5 Å². The Bertz CT molecular complexity index is 1640. The molecule has 0 aliphatic heterocycles. The Kier molecular flexibility index (Phi) is 6.78. The van der Waals surface area contributed by atoms with Crippen LogP contribution in [-0.4, -0.2) is 27.8 Å². The number of carbonyl (C=O) groups excluding carboxylic acids is 1. The number of aliphatic hydroxyl groups excluding tert-OH is 1. The molecule has 1 atom stereocenters. The van der Waals surface area contributed by atoms with E-state index in [1.54, 1.807) is 0 Å². The number of aromatic nitrogens is 2. The number of nitrogens with zero attached hydrogens (tertiary/aromatic N) is 2. The summed E-state index contributed by atoms with van der Waals surface area (Å²) in [6, 6.07) is 31.6. The van der Waals surface area contributed by atoms with E-state index in [0.29, 0.717) is 29.3 Å². The smallest absolute Gasteiger partial charge is 0.316 e. The predicted molar refractivity (Wildman–Crippen MR) is 153 cm³/mol. The van der Waals surface area contributed by atoms with Crippen LogP contribution in [0.4, 0.5) is 0 Å². The lowest BCUT2D eigenvalue weighted by Crippen LogP contribution is -2.23. The fraction of sp³-hybridized carbons (Fsp3) is 0.206. The summed E-state index contributed by atoms with van der Waals surface area (Å²) in [5, 5.41) is 15.5. The Balaban J connectivity index is 1.25. The molecule has 40 heavy (non-hydrogen) atoms. The van der Waals surface area contributed by atoms with Gasteiger partial charge in [0.25, 0.3) is 0 Å².